The monoisotopic (exact) mass is 467 g/mol. The van der Waals surface area contributed by atoms with E-state index >= 15 is 0 Å². The maximum atomic E-state index is 12.0. The number of aliphatic hydroxyl groups is 1. The first-order valence-electron chi connectivity index (χ1n) is 10.8. The third-order valence-corrected chi connectivity index (χ3v) is 5.55. The van der Waals surface area contributed by atoms with E-state index < -0.39 is 0 Å². The molecule has 1 aromatic rings. The highest BCUT2D eigenvalue weighted by Crippen LogP contribution is 2.31. The molecule has 0 bridgehead atoms. The Morgan fingerprint density at radius 2 is 1.52 bits per heavy atom. The number of carbonyl (C=O) groups excluding carboxylic acids is 3. The average molecular weight is 468 g/mol. The summed E-state index contributed by atoms with van der Waals surface area (Å²) in [6.45, 7) is 1.46. The molecule has 12 heteroatoms. The minimum absolute atomic E-state index is 0. The number of piperidine rings is 1. The second kappa shape index (κ2) is 13.0. The molecule has 3 fully saturated rings. The van der Waals surface area contributed by atoms with Gasteiger partial charge in [-0.3, -0.25) is 31.2 Å². The number of aromatic amines is 1. The Labute approximate surface area is 193 Å². The van der Waals surface area contributed by atoms with Crippen molar-refractivity contribution in [3.8, 4) is 0 Å². The van der Waals surface area contributed by atoms with Crippen LogP contribution in [0.5, 0.6) is 0 Å². The summed E-state index contributed by atoms with van der Waals surface area (Å²) in [6.07, 6.45) is 9.23. The van der Waals surface area contributed by atoms with Crippen molar-refractivity contribution in [3.63, 3.8) is 0 Å². The lowest BCUT2D eigenvalue weighted by Crippen LogP contribution is -2.42. The molecule has 0 spiro atoms. The molecule has 2 amide bonds. The van der Waals surface area contributed by atoms with E-state index in [1.54, 1.807) is 17.3 Å². The third kappa shape index (κ3) is 7.09. The number of carbonyl (C=O) groups is 3. The SMILES string of the molecule is CN(C)/C=C1\C(=O)CCN(C2CC2)C1=O.CO.NN.O.O=C1c2cn[nH]c2CCN1C1CC1. The number of amides is 2. The van der Waals surface area contributed by atoms with E-state index in [2.05, 4.69) is 21.9 Å². The summed E-state index contributed by atoms with van der Waals surface area (Å²) in [4.78, 5) is 41.0. The van der Waals surface area contributed by atoms with Crippen LogP contribution in [0, 0.1) is 0 Å². The van der Waals surface area contributed by atoms with Gasteiger partial charge in [-0.25, -0.2) is 0 Å². The van der Waals surface area contributed by atoms with Gasteiger partial charge in [-0.15, -0.1) is 0 Å². The van der Waals surface area contributed by atoms with Gasteiger partial charge in [-0.05, 0) is 25.7 Å². The van der Waals surface area contributed by atoms with Crippen molar-refractivity contribution in [2.24, 2.45) is 11.7 Å². The molecule has 2 aliphatic heterocycles. The molecule has 4 aliphatic rings. The number of aliphatic hydroxyl groups excluding tert-OH is 1. The van der Waals surface area contributed by atoms with E-state index in [1.807, 2.05) is 23.9 Å². The molecule has 0 unspecified atom stereocenters. The quantitative estimate of drug-likeness (QED) is 0.180. The lowest BCUT2D eigenvalue weighted by atomic mass is 10.0. The number of nitrogens with one attached hydrogen (secondary N) is 1. The Hall–Kier alpha value is -2.80. The molecule has 2 aliphatic carbocycles. The van der Waals surface area contributed by atoms with E-state index in [0.29, 0.717) is 30.6 Å². The van der Waals surface area contributed by atoms with Gasteiger partial charge in [-0.2, -0.15) is 5.10 Å². The lowest BCUT2D eigenvalue weighted by molar-refractivity contribution is -0.133. The van der Waals surface area contributed by atoms with Crippen LogP contribution in [0.3, 0.4) is 0 Å². The number of hydrazine groups is 1. The van der Waals surface area contributed by atoms with Gasteiger partial charge in [-0.1, -0.05) is 0 Å². The van der Waals surface area contributed by atoms with Crippen molar-refractivity contribution in [2.45, 2.75) is 50.6 Å². The summed E-state index contributed by atoms with van der Waals surface area (Å²) >= 11 is 0. The highest BCUT2D eigenvalue weighted by atomic mass is 16.2. The van der Waals surface area contributed by atoms with Gasteiger partial charge in [0.25, 0.3) is 11.8 Å². The number of likely N-dealkylation sites (tertiary alicyclic amines) is 1. The predicted molar refractivity (Wildman–Crippen MR) is 123 cm³/mol. The van der Waals surface area contributed by atoms with Crippen molar-refractivity contribution >= 4 is 17.6 Å². The number of hydrogen-bond acceptors (Lipinski definition) is 8. The van der Waals surface area contributed by atoms with Crippen LogP contribution >= 0.6 is 0 Å². The van der Waals surface area contributed by atoms with Crippen LogP contribution in [0.25, 0.3) is 0 Å². The molecule has 3 heterocycles. The third-order valence-electron chi connectivity index (χ3n) is 5.55. The standard InChI is InChI=1S/C11H16N2O2.C9H11N3O.CH4O.H4N2.H2O/c1-12(2)7-9-10(14)5-6-13(11(9)15)8-3-4-8;13-9-7-5-10-11-8(7)3-4-12(9)6-1-2-6;2*1-2;/h7-8H,3-6H2,1-2H3;5-6H,1-4H2,(H,10,11);2H,1H3;1-2H2;1H2/b9-7+;;;;. The zero-order chi connectivity index (χ0) is 23.8. The summed E-state index contributed by atoms with van der Waals surface area (Å²) in [6, 6.07) is 0.923. The Morgan fingerprint density at radius 3 is 2.03 bits per heavy atom. The van der Waals surface area contributed by atoms with Crippen LogP contribution in [0.15, 0.2) is 18.0 Å². The van der Waals surface area contributed by atoms with E-state index in [4.69, 9.17) is 5.11 Å². The second-order valence-corrected chi connectivity index (χ2v) is 8.15. The second-order valence-electron chi connectivity index (χ2n) is 8.15. The smallest absolute Gasteiger partial charge is 0.259 e. The normalized spacial score (nSPS) is 20.3. The summed E-state index contributed by atoms with van der Waals surface area (Å²) in [5.74, 6) is 8.06. The zero-order valence-corrected chi connectivity index (χ0v) is 19.6. The van der Waals surface area contributed by atoms with Gasteiger partial charge in [0, 0.05) is 71.1 Å². The Morgan fingerprint density at radius 1 is 1.00 bits per heavy atom. The molecule has 186 valence electrons. The van der Waals surface area contributed by atoms with E-state index in [9.17, 15) is 14.4 Å². The summed E-state index contributed by atoms with van der Waals surface area (Å²) in [7, 11) is 4.65. The molecule has 1 saturated heterocycles. The topological polar surface area (TPSA) is 193 Å². The molecule has 2 saturated carbocycles. The fraction of sp³-hybridized carbons (Fsp3) is 0.619. The Kier molecular flexibility index (Phi) is 11.2. The summed E-state index contributed by atoms with van der Waals surface area (Å²) in [5.41, 5.74) is 2.12. The summed E-state index contributed by atoms with van der Waals surface area (Å²) in [5, 5.41) is 13.8. The highest BCUT2D eigenvalue weighted by molar-refractivity contribution is 6.20. The van der Waals surface area contributed by atoms with Gasteiger partial charge in [0.1, 0.15) is 0 Å². The van der Waals surface area contributed by atoms with Crippen molar-refractivity contribution in [2.75, 3.05) is 34.3 Å². The fourth-order valence-electron chi connectivity index (χ4n) is 3.76. The number of aromatic nitrogens is 2. The van der Waals surface area contributed by atoms with Crippen molar-refractivity contribution in [1.82, 2.24) is 24.9 Å². The van der Waals surface area contributed by atoms with Gasteiger partial charge in [0.15, 0.2) is 5.78 Å². The number of rotatable bonds is 3. The van der Waals surface area contributed by atoms with Crippen LogP contribution < -0.4 is 11.7 Å². The highest BCUT2D eigenvalue weighted by Gasteiger charge is 2.39. The molecule has 5 rings (SSSR count). The Bertz CT molecular complexity index is 831. The predicted octanol–water partition coefficient (Wildman–Crippen LogP) is -1.43. The summed E-state index contributed by atoms with van der Waals surface area (Å²) < 4.78 is 0. The minimum atomic E-state index is -0.0811. The van der Waals surface area contributed by atoms with Crippen molar-refractivity contribution in [1.29, 1.82) is 0 Å². The number of Topliss-reactive ketones (excluding diaryl/α,β-unsaturated/α-hetero) is 1. The number of fused-ring (bicyclic) bond motifs is 1. The molecule has 0 atom stereocenters. The number of H-pyrrole nitrogens is 1. The van der Waals surface area contributed by atoms with E-state index in [0.717, 1.165) is 44.2 Å². The van der Waals surface area contributed by atoms with Crippen LogP contribution in [-0.4, -0.2) is 99.5 Å². The average Bonchev–Trinajstić information content (AvgIpc) is 3.73. The number of hydrogen-bond donors (Lipinski definition) is 4. The Balaban J connectivity index is 0.000000281. The first kappa shape index (κ1) is 28.2. The number of ketones is 1. The first-order valence-corrected chi connectivity index (χ1v) is 10.8. The molecule has 8 N–H and O–H groups in total. The van der Waals surface area contributed by atoms with Crippen molar-refractivity contribution in [3.05, 3.63) is 29.2 Å². The van der Waals surface area contributed by atoms with Crippen LogP contribution in [0.2, 0.25) is 0 Å². The molecule has 12 nitrogen and oxygen atoms in total. The molecule has 0 radical (unpaired) electrons. The van der Waals surface area contributed by atoms with Crippen molar-refractivity contribution < 1.29 is 25.0 Å². The molecule has 0 aromatic carbocycles. The molecular weight excluding hydrogens is 430 g/mol. The molecule has 1 aromatic heterocycles. The van der Waals surface area contributed by atoms with Gasteiger partial charge in [0.05, 0.1) is 17.3 Å². The number of nitrogens with zero attached hydrogens (tertiary/aromatic N) is 4. The maximum Gasteiger partial charge on any atom is 0.259 e. The van der Waals surface area contributed by atoms with Crippen LogP contribution in [-0.2, 0) is 16.0 Å². The number of nitrogens with two attached hydrogens (primary N) is 2. The first-order chi connectivity index (χ1) is 15.5. The van der Waals surface area contributed by atoms with Gasteiger partial charge >= 0.3 is 0 Å². The van der Waals surface area contributed by atoms with Crippen LogP contribution in [0.4, 0.5) is 0 Å². The minimum Gasteiger partial charge on any atom is -0.412 e. The van der Waals surface area contributed by atoms with E-state index in [-0.39, 0.29) is 23.1 Å². The molecular formula is C21H37N7O5. The van der Waals surface area contributed by atoms with E-state index in [1.165, 1.54) is 12.8 Å². The van der Waals surface area contributed by atoms with Gasteiger partial charge in [0.2, 0.25) is 0 Å². The van der Waals surface area contributed by atoms with Crippen LogP contribution in [0.1, 0.15) is 48.2 Å². The van der Waals surface area contributed by atoms with Gasteiger partial charge < -0.3 is 25.3 Å². The lowest BCUT2D eigenvalue weighted by Gasteiger charge is -2.28. The molecule has 33 heavy (non-hydrogen) atoms. The zero-order valence-electron chi connectivity index (χ0n) is 19.6. The largest absolute Gasteiger partial charge is 0.412 e. The maximum absolute atomic E-state index is 12.0. The fourth-order valence-corrected chi connectivity index (χ4v) is 3.76.